The molecule has 2 N–H and O–H groups in total. The number of nitrogens with one attached hydrogen (secondary N) is 2. The van der Waals surface area contributed by atoms with Gasteiger partial charge in [-0.1, -0.05) is 36.9 Å². The highest BCUT2D eigenvalue weighted by Crippen LogP contribution is 2.32. The van der Waals surface area contributed by atoms with Crippen LogP contribution in [0.1, 0.15) is 30.6 Å². The van der Waals surface area contributed by atoms with Gasteiger partial charge in [0.05, 0.1) is 0 Å². The second-order valence-corrected chi connectivity index (χ2v) is 5.61. The normalized spacial score (nSPS) is 12.3. The number of benzene rings is 1. The fourth-order valence-electron chi connectivity index (χ4n) is 2.14. The largest absolute Gasteiger partial charge is 0.313 e. The van der Waals surface area contributed by atoms with E-state index in [0.717, 1.165) is 17.0 Å². The van der Waals surface area contributed by atoms with Crippen LogP contribution in [0.2, 0.25) is 0 Å². The Hall–Kier alpha value is -1.59. The van der Waals surface area contributed by atoms with Gasteiger partial charge in [0.1, 0.15) is 0 Å². The summed E-state index contributed by atoms with van der Waals surface area (Å²) >= 11 is 1.49. The van der Waals surface area contributed by atoms with Crippen LogP contribution in [-0.4, -0.2) is 17.0 Å². The van der Waals surface area contributed by atoms with Gasteiger partial charge in [0.25, 0.3) is 5.56 Å². The maximum absolute atomic E-state index is 11.5. The van der Waals surface area contributed by atoms with Crippen LogP contribution in [0.25, 0.3) is 0 Å². The van der Waals surface area contributed by atoms with Crippen LogP contribution in [-0.2, 0) is 0 Å². The summed E-state index contributed by atoms with van der Waals surface area (Å²) < 4.78 is 0. The zero-order valence-electron chi connectivity index (χ0n) is 11.9. The molecule has 1 atom stereocenters. The SMILES string of the molecule is CCC(NC)c1ccccc1Sc1nc(C)cc(=O)[nH]1. The van der Waals surface area contributed by atoms with Crippen LogP contribution < -0.4 is 10.9 Å². The van der Waals surface area contributed by atoms with Gasteiger partial charge in [-0.15, -0.1) is 0 Å². The van der Waals surface area contributed by atoms with Crippen molar-refractivity contribution >= 4 is 11.8 Å². The van der Waals surface area contributed by atoms with Gasteiger partial charge < -0.3 is 10.3 Å². The van der Waals surface area contributed by atoms with E-state index in [1.807, 2.05) is 26.1 Å². The lowest BCUT2D eigenvalue weighted by atomic mass is 10.1. The van der Waals surface area contributed by atoms with Crippen molar-refractivity contribution in [2.24, 2.45) is 0 Å². The summed E-state index contributed by atoms with van der Waals surface area (Å²) in [5.74, 6) is 0. The molecule has 4 nitrogen and oxygen atoms in total. The minimum absolute atomic E-state index is 0.113. The monoisotopic (exact) mass is 289 g/mol. The average molecular weight is 289 g/mol. The minimum Gasteiger partial charge on any atom is -0.313 e. The molecule has 1 heterocycles. The molecule has 1 aromatic carbocycles. The molecule has 20 heavy (non-hydrogen) atoms. The van der Waals surface area contributed by atoms with Crippen molar-refractivity contribution < 1.29 is 0 Å². The summed E-state index contributed by atoms with van der Waals surface area (Å²) in [4.78, 5) is 19.8. The molecule has 0 aliphatic rings. The Morgan fingerprint density at radius 3 is 2.80 bits per heavy atom. The number of nitrogens with zero attached hydrogens (tertiary/aromatic N) is 1. The van der Waals surface area contributed by atoms with Gasteiger partial charge >= 0.3 is 0 Å². The molecule has 0 spiro atoms. The van der Waals surface area contributed by atoms with Crippen LogP contribution in [0.5, 0.6) is 0 Å². The summed E-state index contributed by atoms with van der Waals surface area (Å²) in [7, 11) is 1.96. The van der Waals surface area contributed by atoms with Gasteiger partial charge in [0.2, 0.25) is 0 Å². The highest BCUT2D eigenvalue weighted by Gasteiger charge is 2.13. The van der Waals surface area contributed by atoms with Crippen molar-refractivity contribution in [1.82, 2.24) is 15.3 Å². The van der Waals surface area contributed by atoms with Crippen LogP contribution in [0.3, 0.4) is 0 Å². The van der Waals surface area contributed by atoms with Gasteiger partial charge in [0, 0.05) is 22.7 Å². The Balaban J connectivity index is 2.36. The van der Waals surface area contributed by atoms with Gasteiger partial charge in [-0.3, -0.25) is 4.79 Å². The van der Waals surface area contributed by atoms with Crippen molar-refractivity contribution in [2.75, 3.05) is 7.05 Å². The molecule has 1 unspecified atom stereocenters. The van der Waals surface area contributed by atoms with E-state index in [1.165, 1.54) is 23.4 Å². The van der Waals surface area contributed by atoms with Crippen molar-refractivity contribution in [2.45, 2.75) is 36.4 Å². The number of rotatable bonds is 5. The van der Waals surface area contributed by atoms with E-state index in [4.69, 9.17) is 0 Å². The van der Waals surface area contributed by atoms with Crippen molar-refractivity contribution in [3.8, 4) is 0 Å². The van der Waals surface area contributed by atoms with E-state index in [1.54, 1.807) is 0 Å². The number of hydrogen-bond acceptors (Lipinski definition) is 4. The molecule has 1 aromatic heterocycles. The first-order chi connectivity index (χ1) is 9.63. The summed E-state index contributed by atoms with van der Waals surface area (Å²) in [5.41, 5.74) is 1.85. The van der Waals surface area contributed by atoms with Crippen LogP contribution in [0.4, 0.5) is 0 Å². The first-order valence-corrected chi connectivity index (χ1v) is 7.47. The third-order valence-electron chi connectivity index (χ3n) is 3.11. The van der Waals surface area contributed by atoms with Gasteiger partial charge in [-0.05, 0) is 32.0 Å². The molecule has 2 rings (SSSR count). The van der Waals surface area contributed by atoms with E-state index in [-0.39, 0.29) is 5.56 Å². The van der Waals surface area contributed by atoms with Crippen molar-refractivity contribution in [3.05, 3.63) is 51.9 Å². The fourth-order valence-corrected chi connectivity index (χ4v) is 3.17. The molecule has 0 bridgehead atoms. The Kier molecular flexibility index (Phi) is 4.98. The van der Waals surface area contributed by atoms with Crippen molar-refractivity contribution in [3.63, 3.8) is 0 Å². The molecular weight excluding hydrogens is 270 g/mol. The van der Waals surface area contributed by atoms with E-state index >= 15 is 0 Å². The van der Waals surface area contributed by atoms with E-state index in [0.29, 0.717) is 11.2 Å². The zero-order valence-corrected chi connectivity index (χ0v) is 12.8. The van der Waals surface area contributed by atoms with Crippen LogP contribution in [0, 0.1) is 6.92 Å². The smallest absolute Gasteiger partial charge is 0.251 e. The Morgan fingerprint density at radius 2 is 2.15 bits per heavy atom. The quantitative estimate of drug-likeness (QED) is 0.831. The van der Waals surface area contributed by atoms with Gasteiger partial charge in [-0.25, -0.2) is 4.98 Å². The Morgan fingerprint density at radius 1 is 1.40 bits per heavy atom. The van der Waals surface area contributed by atoms with E-state index < -0.39 is 0 Å². The number of aryl methyl sites for hydroxylation is 1. The highest BCUT2D eigenvalue weighted by molar-refractivity contribution is 7.99. The second kappa shape index (κ2) is 6.72. The van der Waals surface area contributed by atoms with Crippen molar-refractivity contribution in [1.29, 1.82) is 0 Å². The Bertz CT molecular complexity index is 635. The Labute approximate surface area is 123 Å². The fraction of sp³-hybridized carbons (Fsp3) is 0.333. The third-order valence-corrected chi connectivity index (χ3v) is 4.08. The highest BCUT2D eigenvalue weighted by atomic mass is 32.2. The van der Waals surface area contributed by atoms with E-state index in [9.17, 15) is 4.79 Å². The van der Waals surface area contributed by atoms with E-state index in [2.05, 4.69) is 34.3 Å². The summed E-state index contributed by atoms with van der Waals surface area (Å²) in [5, 5.41) is 3.94. The summed E-state index contributed by atoms with van der Waals surface area (Å²) in [6, 6.07) is 10.0. The van der Waals surface area contributed by atoms with Gasteiger partial charge in [0.15, 0.2) is 5.16 Å². The average Bonchev–Trinajstić information content (AvgIpc) is 2.41. The molecule has 0 amide bonds. The molecule has 2 aromatic rings. The first kappa shape index (κ1) is 14.8. The maximum Gasteiger partial charge on any atom is 0.251 e. The molecule has 0 saturated carbocycles. The molecule has 0 radical (unpaired) electrons. The number of H-pyrrole nitrogens is 1. The van der Waals surface area contributed by atoms with Gasteiger partial charge in [-0.2, -0.15) is 0 Å². The lowest BCUT2D eigenvalue weighted by Gasteiger charge is -2.17. The lowest BCUT2D eigenvalue weighted by molar-refractivity contribution is 0.568. The molecule has 0 aliphatic heterocycles. The van der Waals surface area contributed by atoms with Crippen LogP contribution >= 0.6 is 11.8 Å². The summed E-state index contributed by atoms with van der Waals surface area (Å²) in [6.07, 6.45) is 1.01. The predicted molar refractivity (Wildman–Crippen MR) is 82.3 cm³/mol. The molecule has 106 valence electrons. The maximum atomic E-state index is 11.5. The molecule has 5 heteroatoms. The number of aromatic nitrogens is 2. The van der Waals surface area contributed by atoms with Crippen LogP contribution in [0.15, 0.2) is 45.2 Å². The third kappa shape index (κ3) is 3.49. The molecule has 0 aliphatic carbocycles. The standard InChI is InChI=1S/C15H19N3OS/c1-4-12(16-3)11-7-5-6-8-13(11)20-15-17-10(2)9-14(19)18-15/h5-9,12,16H,4H2,1-3H3,(H,17,18,19). The molecule has 0 fully saturated rings. The molecule has 0 saturated heterocycles. The number of aromatic amines is 1. The number of hydrogen-bond donors (Lipinski definition) is 2. The first-order valence-electron chi connectivity index (χ1n) is 6.66. The lowest BCUT2D eigenvalue weighted by Crippen LogP contribution is -2.16. The zero-order chi connectivity index (χ0) is 14.5. The predicted octanol–water partition coefficient (Wildman–Crippen LogP) is 2.90. The molecular formula is C15H19N3OS. The summed E-state index contributed by atoms with van der Waals surface area (Å²) in [6.45, 7) is 3.98. The minimum atomic E-state index is -0.113. The topological polar surface area (TPSA) is 57.8 Å². The second-order valence-electron chi connectivity index (χ2n) is 4.58.